The molecule has 0 spiro atoms. The van der Waals surface area contributed by atoms with E-state index in [1.165, 1.54) is 28.1 Å². The van der Waals surface area contributed by atoms with E-state index in [-0.39, 0.29) is 12.8 Å². The van der Waals surface area contributed by atoms with E-state index in [0.29, 0.717) is 12.8 Å². The highest BCUT2D eigenvalue weighted by Gasteiger charge is 2.47. The van der Waals surface area contributed by atoms with Crippen LogP contribution in [0.2, 0.25) is 0 Å². The summed E-state index contributed by atoms with van der Waals surface area (Å²) >= 11 is 0. The van der Waals surface area contributed by atoms with Gasteiger partial charge < -0.3 is 19.7 Å². The molecule has 0 bridgehead atoms. The third kappa shape index (κ3) is 5.99. The number of hydrogen-bond donors (Lipinski definition) is 2. The first-order valence-electron chi connectivity index (χ1n) is 7.71. The van der Waals surface area contributed by atoms with E-state index in [4.69, 9.17) is 15.9 Å². The Bertz CT molecular complexity index is 491. The number of carbonyl (C=O) groups excluding carboxylic acids is 2. The second-order valence-electron chi connectivity index (χ2n) is 6.41. The first-order chi connectivity index (χ1) is 11.0. The fourth-order valence-corrected chi connectivity index (χ4v) is 2.20. The molecular weight excluding hydrogens is 312 g/mol. The fraction of sp³-hybridized carbons (Fsp3) is 0.667. The van der Waals surface area contributed by atoms with Gasteiger partial charge in [-0.25, -0.2) is 0 Å². The van der Waals surface area contributed by atoms with Crippen LogP contribution in [0, 0.1) is 17.8 Å². The van der Waals surface area contributed by atoms with Crippen molar-refractivity contribution in [2.24, 2.45) is 5.41 Å². The van der Waals surface area contributed by atoms with Crippen LogP contribution in [0.3, 0.4) is 0 Å². The first-order valence-corrected chi connectivity index (χ1v) is 7.71. The van der Waals surface area contributed by atoms with Crippen LogP contribution < -0.4 is 0 Å². The zero-order valence-electron chi connectivity index (χ0n) is 15.1. The summed E-state index contributed by atoms with van der Waals surface area (Å²) < 4.78 is 9.46. The Balaban J connectivity index is 5.20. The maximum absolute atomic E-state index is 12.1. The molecule has 0 aliphatic carbocycles. The minimum Gasteiger partial charge on any atom is -0.468 e. The van der Waals surface area contributed by atoms with Gasteiger partial charge in [0, 0.05) is 6.42 Å². The van der Waals surface area contributed by atoms with Crippen LogP contribution in [0.1, 0.15) is 46.5 Å². The summed E-state index contributed by atoms with van der Waals surface area (Å²) in [5, 5.41) is 19.6. The number of hydrogen-bond acceptors (Lipinski definition) is 6. The SMILES string of the molecule is C#CCC(C/C=C(\C)CCC(O)C(C)(C)O)(C(=O)OC)C(=O)OC. The van der Waals surface area contributed by atoms with Crippen LogP contribution in [-0.4, -0.2) is 48.1 Å². The van der Waals surface area contributed by atoms with Crippen LogP contribution in [0.15, 0.2) is 11.6 Å². The molecular formula is C18H28O6. The average Bonchev–Trinajstić information content (AvgIpc) is 2.53. The van der Waals surface area contributed by atoms with Gasteiger partial charge in [-0.05, 0) is 40.0 Å². The van der Waals surface area contributed by atoms with Crippen molar-refractivity contribution in [3.63, 3.8) is 0 Å². The van der Waals surface area contributed by atoms with E-state index in [0.717, 1.165) is 5.57 Å². The van der Waals surface area contributed by atoms with Crippen LogP contribution in [-0.2, 0) is 19.1 Å². The van der Waals surface area contributed by atoms with Gasteiger partial charge in [-0.15, -0.1) is 12.3 Å². The molecule has 1 unspecified atom stereocenters. The van der Waals surface area contributed by atoms with Gasteiger partial charge in [0.05, 0.1) is 25.9 Å². The minimum atomic E-state index is -1.58. The lowest BCUT2D eigenvalue weighted by molar-refractivity contribution is -0.168. The van der Waals surface area contributed by atoms with Crippen molar-refractivity contribution in [1.82, 2.24) is 0 Å². The third-order valence-electron chi connectivity index (χ3n) is 3.98. The van der Waals surface area contributed by atoms with Crippen LogP contribution in [0.4, 0.5) is 0 Å². The molecule has 0 saturated carbocycles. The van der Waals surface area contributed by atoms with Crippen molar-refractivity contribution in [2.45, 2.75) is 58.2 Å². The monoisotopic (exact) mass is 340 g/mol. The Labute approximate surface area is 143 Å². The molecule has 0 aromatic rings. The van der Waals surface area contributed by atoms with E-state index >= 15 is 0 Å². The largest absolute Gasteiger partial charge is 0.468 e. The third-order valence-corrected chi connectivity index (χ3v) is 3.98. The summed E-state index contributed by atoms with van der Waals surface area (Å²) in [6.07, 6.45) is 6.90. The van der Waals surface area contributed by atoms with E-state index in [1.54, 1.807) is 6.08 Å². The molecule has 0 aliphatic rings. The van der Waals surface area contributed by atoms with Crippen molar-refractivity contribution < 1.29 is 29.3 Å². The molecule has 0 rings (SSSR count). The van der Waals surface area contributed by atoms with E-state index in [1.807, 2.05) is 6.92 Å². The Morgan fingerprint density at radius 1 is 1.25 bits per heavy atom. The highest BCUT2D eigenvalue weighted by atomic mass is 16.5. The maximum atomic E-state index is 12.1. The smallest absolute Gasteiger partial charge is 0.324 e. The second-order valence-corrected chi connectivity index (χ2v) is 6.41. The van der Waals surface area contributed by atoms with Crippen molar-refractivity contribution in [1.29, 1.82) is 0 Å². The Morgan fingerprint density at radius 2 is 1.75 bits per heavy atom. The van der Waals surface area contributed by atoms with Crippen molar-refractivity contribution in [3.8, 4) is 12.3 Å². The average molecular weight is 340 g/mol. The minimum absolute atomic E-state index is 0.0427. The number of aliphatic hydroxyl groups is 2. The summed E-state index contributed by atoms with van der Waals surface area (Å²) in [6.45, 7) is 4.87. The van der Waals surface area contributed by atoms with Gasteiger partial charge in [-0.3, -0.25) is 9.59 Å². The molecule has 6 heteroatoms. The van der Waals surface area contributed by atoms with Gasteiger partial charge in [-0.2, -0.15) is 0 Å². The zero-order chi connectivity index (χ0) is 19.0. The summed E-state index contributed by atoms with van der Waals surface area (Å²) in [4.78, 5) is 24.2. The van der Waals surface area contributed by atoms with Gasteiger partial charge >= 0.3 is 11.9 Å². The topological polar surface area (TPSA) is 93.1 Å². The molecule has 0 amide bonds. The molecule has 0 saturated heterocycles. The van der Waals surface area contributed by atoms with E-state index in [2.05, 4.69) is 5.92 Å². The van der Waals surface area contributed by atoms with Gasteiger partial charge in [-0.1, -0.05) is 11.6 Å². The number of aliphatic hydroxyl groups excluding tert-OH is 1. The fourth-order valence-electron chi connectivity index (χ4n) is 2.20. The summed E-state index contributed by atoms with van der Waals surface area (Å²) in [6, 6.07) is 0. The maximum Gasteiger partial charge on any atom is 0.324 e. The first kappa shape index (κ1) is 22.2. The lowest BCUT2D eigenvalue weighted by atomic mass is 9.80. The molecule has 24 heavy (non-hydrogen) atoms. The Morgan fingerprint density at radius 3 is 2.12 bits per heavy atom. The van der Waals surface area contributed by atoms with E-state index in [9.17, 15) is 19.8 Å². The molecule has 136 valence electrons. The Kier molecular flexibility index (Phi) is 8.73. The van der Waals surface area contributed by atoms with Crippen molar-refractivity contribution in [3.05, 3.63) is 11.6 Å². The number of carbonyl (C=O) groups is 2. The number of ether oxygens (including phenoxy) is 2. The summed E-state index contributed by atoms with van der Waals surface area (Å²) in [5.74, 6) is 0.844. The van der Waals surface area contributed by atoms with Gasteiger partial charge in [0.25, 0.3) is 0 Å². The van der Waals surface area contributed by atoms with Crippen LogP contribution in [0.25, 0.3) is 0 Å². The molecule has 0 aliphatic heterocycles. The summed E-state index contributed by atoms with van der Waals surface area (Å²) in [7, 11) is 2.37. The van der Waals surface area contributed by atoms with Gasteiger partial charge in [0.15, 0.2) is 5.41 Å². The van der Waals surface area contributed by atoms with Gasteiger partial charge in [0.2, 0.25) is 0 Å². The number of methoxy groups -OCH3 is 2. The predicted molar refractivity (Wildman–Crippen MR) is 89.8 cm³/mol. The predicted octanol–water partition coefficient (Wildman–Crippen LogP) is 1.59. The number of rotatable bonds is 9. The number of esters is 2. The number of terminal acetylenes is 1. The second kappa shape index (κ2) is 9.45. The lowest BCUT2D eigenvalue weighted by Gasteiger charge is -2.26. The number of allylic oxidation sites excluding steroid dienone is 2. The molecule has 1 atom stereocenters. The van der Waals surface area contributed by atoms with Crippen molar-refractivity contribution in [2.75, 3.05) is 14.2 Å². The van der Waals surface area contributed by atoms with Crippen LogP contribution >= 0.6 is 0 Å². The standard InChI is InChI=1S/C18H28O6/c1-7-11-18(15(20)23-5,16(21)24-6)12-10-13(2)8-9-14(19)17(3,4)22/h1,10,14,19,22H,8-9,11-12H2,2-6H3/b13-10+. The molecule has 0 radical (unpaired) electrons. The molecule has 0 aromatic heterocycles. The van der Waals surface area contributed by atoms with Gasteiger partial charge in [0.1, 0.15) is 0 Å². The molecule has 0 aromatic carbocycles. The lowest BCUT2D eigenvalue weighted by Crippen LogP contribution is -2.40. The molecule has 0 fully saturated rings. The highest BCUT2D eigenvalue weighted by Crippen LogP contribution is 2.31. The van der Waals surface area contributed by atoms with Crippen molar-refractivity contribution >= 4 is 11.9 Å². The highest BCUT2D eigenvalue weighted by molar-refractivity contribution is 6.00. The Hall–Kier alpha value is -1.84. The van der Waals surface area contributed by atoms with Crippen LogP contribution in [0.5, 0.6) is 0 Å². The normalized spacial score (nSPS) is 13.8. The molecule has 2 N–H and O–H groups in total. The molecule has 0 heterocycles. The zero-order valence-corrected chi connectivity index (χ0v) is 15.1. The van der Waals surface area contributed by atoms with E-state index < -0.39 is 29.1 Å². The summed E-state index contributed by atoms with van der Waals surface area (Å²) in [5.41, 5.74) is -1.91. The quantitative estimate of drug-likeness (QED) is 0.287. The molecule has 6 nitrogen and oxygen atoms in total.